The predicted octanol–water partition coefficient (Wildman–Crippen LogP) is 2.03. The molecule has 6 heteroatoms. The van der Waals surface area contributed by atoms with E-state index in [1.54, 1.807) is 0 Å². The number of nitrogens with one attached hydrogen (secondary N) is 1. The Morgan fingerprint density at radius 3 is 2.86 bits per heavy atom. The van der Waals surface area contributed by atoms with E-state index in [9.17, 15) is 4.79 Å². The Bertz CT molecular complexity index is 484. The average molecular weight is 327 g/mol. The summed E-state index contributed by atoms with van der Waals surface area (Å²) >= 11 is 0. The number of likely N-dealkylation sites (tertiary alicyclic amines) is 1. The van der Waals surface area contributed by atoms with Gasteiger partial charge in [-0.05, 0) is 38.8 Å². The summed E-state index contributed by atoms with van der Waals surface area (Å²) in [5.74, 6) is 1.74. The predicted molar refractivity (Wildman–Crippen MR) is 89.3 cm³/mol. The number of hydrogen-bond acceptors (Lipinski definition) is 3. The van der Waals surface area contributed by atoms with E-state index in [-0.39, 0.29) is 18.3 Å². The first-order valence-electron chi connectivity index (χ1n) is 8.30. The molecule has 1 atom stereocenters. The van der Waals surface area contributed by atoms with Gasteiger partial charge in [0, 0.05) is 37.8 Å². The maximum atomic E-state index is 12.7. The molecule has 2 aliphatic heterocycles. The third kappa shape index (κ3) is 3.63. The molecule has 2 fully saturated rings. The highest BCUT2D eigenvalue weighted by Gasteiger charge is 2.30. The molecular weight excluding hydrogens is 300 g/mol. The van der Waals surface area contributed by atoms with Gasteiger partial charge in [-0.25, -0.2) is 4.98 Å². The average Bonchev–Trinajstić information content (AvgIpc) is 3.04. The fraction of sp³-hybridized carbons (Fsp3) is 0.750. The van der Waals surface area contributed by atoms with Crippen molar-refractivity contribution in [3.05, 3.63) is 18.2 Å². The molecule has 1 aromatic rings. The fourth-order valence-electron chi connectivity index (χ4n) is 3.66. The van der Waals surface area contributed by atoms with Crippen molar-refractivity contribution in [1.29, 1.82) is 0 Å². The normalized spacial score (nSPS) is 23.1. The number of aryl methyl sites for hydroxylation is 1. The quantitative estimate of drug-likeness (QED) is 0.924. The van der Waals surface area contributed by atoms with E-state index in [1.807, 2.05) is 6.20 Å². The number of hydrogen-bond donors (Lipinski definition) is 1. The molecular formula is C16H27ClN4O. The minimum Gasteiger partial charge on any atom is -0.340 e. The van der Waals surface area contributed by atoms with Crippen LogP contribution in [-0.4, -0.2) is 46.5 Å². The number of aromatic nitrogens is 2. The van der Waals surface area contributed by atoms with Crippen LogP contribution in [0.15, 0.2) is 12.4 Å². The summed E-state index contributed by atoms with van der Waals surface area (Å²) in [5, 5.41) is 3.34. The second-order valence-electron chi connectivity index (χ2n) is 6.21. The van der Waals surface area contributed by atoms with E-state index in [2.05, 4.69) is 32.9 Å². The smallest absolute Gasteiger partial charge is 0.225 e. The Morgan fingerprint density at radius 1 is 1.36 bits per heavy atom. The molecule has 1 unspecified atom stereocenters. The molecule has 0 saturated carbocycles. The Morgan fingerprint density at radius 2 is 2.14 bits per heavy atom. The van der Waals surface area contributed by atoms with Gasteiger partial charge in [-0.1, -0.05) is 6.92 Å². The van der Waals surface area contributed by atoms with Gasteiger partial charge >= 0.3 is 0 Å². The van der Waals surface area contributed by atoms with Crippen LogP contribution >= 0.6 is 12.4 Å². The van der Waals surface area contributed by atoms with Crippen molar-refractivity contribution in [2.24, 2.45) is 5.92 Å². The SMILES string of the molecule is CCc1nccn1C1CCCN(C(=O)C2CCNCC2)C1.Cl. The van der Waals surface area contributed by atoms with Gasteiger partial charge in [0.2, 0.25) is 5.91 Å². The first-order chi connectivity index (χ1) is 10.3. The molecule has 2 saturated heterocycles. The van der Waals surface area contributed by atoms with Crippen molar-refractivity contribution in [3.63, 3.8) is 0 Å². The molecule has 22 heavy (non-hydrogen) atoms. The van der Waals surface area contributed by atoms with Crippen molar-refractivity contribution in [2.45, 2.75) is 45.1 Å². The van der Waals surface area contributed by atoms with E-state index < -0.39 is 0 Å². The fourth-order valence-corrected chi connectivity index (χ4v) is 3.66. The third-order valence-corrected chi connectivity index (χ3v) is 4.86. The number of piperidine rings is 2. The van der Waals surface area contributed by atoms with Crippen LogP contribution in [0.1, 0.15) is 44.5 Å². The zero-order chi connectivity index (χ0) is 14.7. The number of carbonyl (C=O) groups is 1. The molecule has 1 N–H and O–H groups in total. The maximum absolute atomic E-state index is 12.7. The highest BCUT2D eigenvalue weighted by atomic mass is 35.5. The summed E-state index contributed by atoms with van der Waals surface area (Å²) in [7, 11) is 0. The van der Waals surface area contributed by atoms with E-state index in [1.165, 1.54) is 0 Å². The molecule has 124 valence electrons. The Balaban J connectivity index is 0.00000176. The highest BCUT2D eigenvalue weighted by molar-refractivity contribution is 5.85. The van der Waals surface area contributed by atoms with Gasteiger partial charge in [-0.15, -0.1) is 12.4 Å². The van der Waals surface area contributed by atoms with Crippen molar-refractivity contribution in [3.8, 4) is 0 Å². The van der Waals surface area contributed by atoms with Crippen LogP contribution < -0.4 is 5.32 Å². The van der Waals surface area contributed by atoms with Gasteiger partial charge in [0.15, 0.2) is 0 Å². The maximum Gasteiger partial charge on any atom is 0.225 e. The van der Waals surface area contributed by atoms with Crippen molar-refractivity contribution in [2.75, 3.05) is 26.2 Å². The van der Waals surface area contributed by atoms with Crippen molar-refractivity contribution in [1.82, 2.24) is 19.8 Å². The summed E-state index contributed by atoms with van der Waals surface area (Å²) in [6, 6.07) is 0.405. The minimum atomic E-state index is 0. The molecule has 0 bridgehead atoms. The van der Waals surface area contributed by atoms with Gasteiger partial charge < -0.3 is 14.8 Å². The second-order valence-corrected chi connectivity index (χ2v) is 6.21. The monoisotopic (exact) mass is 326 g/mol. The van der Waals surface area contributed by atoms with Crippen LogP contribution in [0.25, 0.3) is 0 Å². The number of carbonyl (C=O) groups excluding carboxylic acids is 1. The summed E-state index contributed by atoms with van der Waals surface area (Å²) in [6.07, 6.45) is 9.14. The lowest BCUT2D eigenvalue weighted by Gasteiger charge is -2.36. The van der Waals surface area contributed by atoms with Crippen LogP contribution in [0.3, 0.4) is 0 Å². The standard InChI is InChI=1S/C16H26N4O.ClH/c1-2-15-18-9-11-20(15)14-4-3-10-19(12-14)16(21)13-5-7-17-8-6-13;/h9,11,13-14,17H,2-8,10,12H2,1H3;1H. The van der Waals surface area contributed by atoms with E-state index in [0.717, 1.165) is 64.1 Å². The first kappa shape index (κ1) is 17.3. The topological polar surface area (TPSA) is 50.2 Å². The molecule has 0 aliphatic carbocycles. The van der Waals surface area contributed by atoms with Gasteiger partial charge in [0.25, 0.3) is 0 Å². The van der Waals surface area contributed by atoms with Gasteiger partial charge in [0.1, 0.15) is 5.82 Å². The van der Waals surface area contributed by atoms with Crippen LogP contribution in [0.2, 0.25) is 0 Å². The molecule has 3 heterocycles. The summed E-state index contributed by atoms with van der Waals surface area (Å²) in [4.78, 5) is 19.2. The number of imidazole rings is 1. The molecule has 1 amide bonds. The largest absolute Gasteiger partial charge is 0.340 e. The first-order valence-corrected chi connectivity index (χ1v) is 8.30. The molecule has 0 radical (unpaired) electrons. The molecule has 0 spiro atoms. The zero-order valence-corrected chi connectivity index (χ0v) is 14.1. The van der Waals surface area contributed by atoms with E-state index in [0.29, 0.717) is 11.9 Å². The van der Waals surface area contributed by atoms with Crippen molar-refractivity contribution < 1.29 is 4.79 Å². The third-order valence-electron chi connectivity index (χ3n) is 4.86. The van der Waals surface area contributed by atoms with Crippen LogP contribution in [0.4, 0.5) is 0 Å². The summed E-state index contributed by atoms with van der Waals surface area (Å²) in [6.45, 7) is 5.88. The molecule has 5 nitrogen and oxygen atoms in total. The Hall–Kier alpha value is -1.07. The number of nitrogens with zero attached hydrogens (tertiary/aromatic N) is 3. The lowest BCUT2D eigenvalue weighted by molar-refractivity contribution is -0.138. The Kier molecular flexibility index (Phi) is 6.26. The molecule has 2 aliphatic rings. The highest BCUT2D eigenvalue weighted by Crippen LogP contribution is 2.25. The lowest BCUT2D eigenvalue weighted by Crippen LogP contribution is -2.46. The van der Waals surface area contributed by atoms with Crippen LogP contribution in [-0.2, 0) is 11.2 Å². The summed E-state index contributed by atoms with van der Waals surface area (Å²) in [5.41, 5.74) is 0. The molecule has 1 aromatic heterocycles. The molecule has 3 rings (SSSR count). The van der Waals surface area contributed by atoms with E-state index >= 15 is 0 Å². The Labute approximate surface area is 138 Å². The van der Waals surface area contributed by atoms with Gasteiger partial charge in [-0.3, -0.25) is 4.79 Å². The minimum absolute atomic E-state index is 0. The van der Waals surface area contributed by atoms with Crippen LogP contribution in [0.5, 0.6) is 0 Å². The zero-order valence-electron chi connectivity index (χ0n) is 13.3. The number of halogens is 1. The second kappa shape index (κ2) is 7.97. The van der Waals surface area contributed by atoms with E-state index in [4.69, 9.17) is 0 Å². The van der Waals surface area contributed by atoms with Gasteiger partial charge in [-0.2, -0.15) is 0 Å². The molecule has 0 aromatic carbocycles. The lowest BCUT2D eigenvalue weighted by atomic mass is 9.95. The number of rotatable bonds is 3. The van der Waals surface area contributed by atoms with Gasteiger partial charge in [0.05, 0.1) is 6.04 Å². The van der Waals surface area contributed by atoms with Crippen LogP contribution in [0, 0.1) is 5.92 Å². The number of amides is 1. The summed E-state index contributed by atoms with van der Waals surface area (Å²) < 4.78 is 2.28. The van der Waals surface area contributed by atoms with Crippen molar-refractivity contribution >= 4 is 18.3 Å².